The van der Waals surface area contributed by atoms with Gasteiger partial charge in [-0.3, -0.25) is 10.1 Å². The average molecular weight is 230 g/mol. The van der Waals surface area contributed by atoms with Crippen LogP contribution in [0.25, 0.3) is 0 Å². The van der Waals surface area contributed by atoms with Gasteiger partial charge >= 0.3 is 0 Å². The highest BCUT2D eigenvalue weighted by molar-refractivity contribution is 7.99. The van der Waals surface area contributed by atoms with Crippen molar-refractivity contribution in [2.45, 2.75) is 32.1 Å². The van der Waals surface area contributed by atoms with E-state index in [1.54, 1.807) is 11.8 Å². The lowest BCUT2D eigenvalue weighted by Crippen LogP contribution is -2.53. The van der Waals surface area contributed by atoms with Crippen LogP contribution < -0.4 is 5.32 Å². The van der Waals surface area contributed by atoms with Gasteiger partial charge in [0.25, 0.3) is 0 Å². The van der Waals surface area contributed by atoms with E-state index < -0.39 is 0 Å². The molecular weight excluding hydrogens is 212 g/mol. The molecule has 15 heavy (non-hydrogen) atoms. The molecule has 0 aromatic heterocycles. The van der Waals surface area contributed by atoms with E-state index in [-0.39, 0.29) is 24.2 Å². The quantitative estimate of drug-likeness (QED) is 0.703. The molecule has 0 radical (unpaired) electrons. The molecule has 0 aliphatic carbocycles. The standard InChI is InChI=1S/C10H18N2O2S/c1-7-3-12(4-8(2)14-7)10(13)9-5-15-6-11-9/h7-9,11H,3-6H2,1-2H3/t7-,8+,9?. The Morgan fingerprint density at radius 2 is 2.07 bits per heavy atom. The molecular formula is C10H18N2O2S. The van der Waals surface area contributed by atoms with E-state index in [4.69, 9.17) is 4.74 Å². The predicted octanol–water partition coefficient (Wildman–Crippen LogP) is 0.285. The molecule has 2 saturated heterocycles. The minimum absolute atomic E-state index is 0.0208. The summed E-state index contributed by atoms with van der Waals surface area (Å²) in [6, 6.07) is 0.0208. The summed E-state index contributed by atoms with van der Waals surface area (Å²) in [5.41, 5.74) is 0. The highest BCUT2D eigenvalue weighted by Crippen LogP contribution is 2.16. The highest BCUT2D eigenvalue weighted by atomic mass is 32.2. The smallest absolute Gasteiger partial charge is 0.240 e. The monoisotopic (exact) mass is 230 g/mol. The van der Waals surface area contributed by atoms with Crippen molar-refractivity contribution >= 4 is 17.7 Å². The first-order chi connectivity index (χ1) is 7.16. The zero-order valence-corrected chi connectivity index (χ0v) is 10.0. The van der Waals surface area contributed by atoms with Crippen LogP contribution in [0.15, 0.2) is 0 Å². The SMILES string of the molecule is C[C@@H]1CN(C(=O)C2CSCN2)C[C@H](C)O1. The Morgan fingerprint density at radius 1 is 1.40 bits per heavy atom. The molecule has 0 spiro atoms. The van der Waals surface area contributed by atoms with E-state index >= 15 is 0 Å². The topological polar surface area (TPSA) is 41.6 Å². The summed E-state index contributed by atoms with van der Waals surface area (Å²) in [6.45, 7) is 5.50. The van der Waals surface area contributed by atoms with Gasteiger partial charge in [-0.15, -0.1) is 11.8 Å². The van der Waals surface area contributed by atoms with Crippen LogP contribution in [0.3, 0.4) is 0 Å². The van der Waals surface area contributed by atoms with Gasteiger partial charge in [0.2, 0.25) is 5.91 Å². The molecule has 2 aliphatic rings. The van der Waals surface area contributed by atoms with Crippen LogP contribution >= 0.6 is 11.8 Å². The van der Waals surface area contributed by atoms with Crippen molar-refractivity contribution in [1.82, 2.24) is 10.2 Å². The molecule has 2 fully saturated rings. The molecule has 3 atom stereocenters. The van der Waals surface area contributed by atoms with Crippen LogP contribution in [0.2, 0.25) is 0 Å². The maximum Gasteiger partial charge on any atom is 0.240 e. The van der Waals surface area contributed by atoms with E-state index in [0.717, 1.165) is 24.7 Å². The fraction of sp³-hybridized carbons (Fsp3) is 0.900. The van der Waals surface area contributed by atoms with Crippen LogP contribution in [0.1, 0.15) is 13.8 Å². The maximum atomic E-state index is 12.1. The summed E-state index contributed by atoms with van der Waals surface area (Å²) in [5.74, 6) is 2.03. The Labute approximate surface area is 94.7 Å². The first-order valence-corrected chi connectivity index (χ1v) is 6.57. The van der Waals surface area contributed by atoms with E-state index in [2.05, 4.69) is 5.32 Å². The second-order valence-electron chi connectivity index (χ2n) is 4.27. The number of carbonyl (C=O) groups is 1. The van der Waals surface area contributed by atoms with Gasteiger partial charge in [0, 0.05) is 24.7 Å². The molecule has 2 aliphatic heterocycles. The van der Waals surface area contributed by atoms with E-state index in [1.165, 1.54) is 0 Å². The van der Waals surface area contributed by atoms with Crippen molar-refractivity contribution in [2.75, 3.05) is 24.7 Å². The van der Waals surface area contributed by atoms with Crippen LogP contribution in [-0.4, -0.2) is 53.8 Å². The minimum atomic E-state index is 0.0208. The van der Waals surface area contributed by atoms with Crippen LogP contribution in [0, 0.1) is 0 Å². The van der Waals surface area contributed by atoms with E-state index in [0.29, 0.717) is 0 Å². The largest absolute Gasteiger partial charge is 0.372 e. The van der Waals surface area contributed by atoms with Crippen LogP contribution in [0.4, 0.5) is 0 Å². The van der Waals surface area contributed by atoms with E-state index in [9.17, 15) is 4.79 Å². The number of carbonyl (C=O) groups excluding carboxylic acids is 1. The van der Waals surface area contributed by atoms with Crippen molar-refractivity contribution in [2.24, 2.45) is 0 Å². The zero-order valence-electron chi connectivity index (χ0n) is 9.23. The number of rotatable bonds is 1. The second-order valence-corrected chi connectivity index (χ2v) is 5.30. The summed E-state index contributed by atoms with van der Waals surface area (Å²) in [4.78, 5) is 14.0. The van der Waals surface area contributed by atoms with Crippen molar-refractivity contribution in [3.63, 3.8) is 0 Å². The van der Waals surface area contributed by atoms with Gasteiger partial charge in [-0.2, -0.15) is 0 Å². The molecule has 2 heterocycles. The number of hydrogen-bond donors (Lipinski definition) is 1. The Morgan fingerprint density at radius 3 is 2.60 bits per heavy atom. The first-order valence-electron chi connectivity index (χ1n) is 5.42. The molecule has 86 valence electrons. The van der Waals surface area contributed by atoms with Gasteiger partial charge in [-0.1, -0.05) is 0 Å². The lowest BCUT2D eigenvalue weighted by molar-refractivity contribution is -0.144. The number of ether oxygens (including phenoxy) is 1. The lowest BCUT2D eigenvalue weighted by atomic mass is 10.2. The number of amides is 1. The number of nitrogens with zero attached hydrogens (tertiary/aromatic N) is 1. The number of thioether (sulfide) groups is 1. The molecule has 0 bridgehead atoms. The van der Waals surface area contributed by atoms with E-state index in [1.807, 2.05) is 18.7 Å². The van der Waals surface area contributed by atoms with Gasteiger partial charge in [0.05, 0.1) is 18.2 Å². The predicted molar refractivity (Wildman–Crippen MR) is 60.8 cm³/mol. The van der Waals surface area contributed by atoms with Crippen molar-refractivity contribution in [3.05, 3.63) is 0 Å². The molecule has 0 aromatic carbocycles. The fourth-order valence-corrected chi connectivity index (χ4v) is 3.07. The highest BCUT2D eigenvalue weighted by Gasteiger charge is 2.31. The molecule has 1 amide bonds. The van der Waals surface area contributed by atoms with Gasteiger partial charge in [0.1, 0.15) is 0 Å². The third kappa shape index (κ3) is 2.65. The Kier molecular flexibility index (Phi) is 3.53. The minimum Gasteiger partial charge on any atom is -0.372 e. The van der Waals surface area contributed by atoms with Gasteiger partial charge < -0.3 is 9.64 Å². The molecule has 5 heteroatoms. The van der Waals surface area contributed by atoms with Gasteiger partial charge in [0.15, 0.2) is 0 Å². The number of morpholine rings is 1. The third-order valence-electron chi connectivity index (χ3n) is 2.75. The van der Waals surface area contributed by atoms with Crippen molar-refractivity contribution in [1.29, 1.82) is 0 Å². The molecule has 1 unspecified atom stereocenters. The van der Waals surface area contributed by atoms with Crippen LogP contribution in [-0.2, 0) is 9.53 Å². The molecule has 0 aromatic rings. The Bertz CT molecular complexity index is 234. The molecule has 2 rings (SSSR count). The maximum absolute atomic E-state index is 12.1. The lowest BCUT2D eigenvalue weighted by Gasteiger charge is -2.36. The second kappa shape index (κ2) is 4.72. The zero-order chi connectivity index (χ0) is 10.8. The number of hydrogen-bond acceptors (Lipinski definition) is 4. The van der Waals surface area contributed by atoms with Crippen molar-refractivity contribution in [3.8, 4) is 0 Å². The molecule has 4 nitrogen and oxygen atoms in total. The molecule has 1 N–H and O–H groups in total. The number of nitrogens with one attached hydrogen (secondary N) is 1. The summed E-state index contributed by atoms with van der Waals surface area (Å²) in [7, 11) is 0. The fourth-order valence-electron chi connectivity index (χ4n) is 2.13. The summed E-state index contributed by atoms with van der Waals surface area (Å²) in [6.07, 6.45) is 0.318. The first kappa shape index (κ1) is 11.2. The average Bonchev–Trinajstić information content (AvgIpc) is 2.67. The summed E-state index contributed by atoms with van der Waals surface area (Å²) >= 11 is 1.79. The summed E-state index contributed by atoms with van der Waals surface area (Å²) in [5, 5.41) is 3.21. The van der Waals surface area contributed by atoms with Crippen molar-refractivity contribution < 1.29 is 9.53 Å². The summed E-state index contributed by atoms with van der Waals surface area (Å²) < 4.78 is 5.61. The molecule has 0 saturated carbocycles. The van der Waals surface area contributed by atoms with Crippen LogP contribution in [0.5, 0.6) is 0 Å². The van der Waals surface area contributed by atoms with Gasteiger partial charge in [-0.25, -0.2) is 0 Å². The third-order valence-corrected chi connectivity index (χ3v) is 3.69. The normalized spacial score (nSPS) is 36.9. The Balaban J connectivity index is 1.93. The van der Waals surface area contributed by atoms with Gasteiger partial charge in [-0.05, 0) is 13.8 Å². The Hall–Kier alpha value is -0.260.